The number of benzene rings is 1. The van der Waals surface area contributed by atoms with Gasteiger partial charge in [0, 0.05) is 6.54 Å². The molecule has 0 saturated carbocycles. The molecule has 1 aromatic carbocycles. The summed E-state index contributed by atoms with van der Waals surface area (Å²) in [5.41, 5.74) is 1.47. The summed E-state index contributed by atoms with van der Waals surface area (Å²) in [7, 11) is -3.51. The maximum Gasteiger partial charge on any atom is 0.240 e. The van der Waals surface area contributed by atoms with Crippen LogP contribution < -0.4 is 9.62 Å². The van der Waals surface area contributed by atoms with Crippen molar-refractivity contribution in [2.24, 2.45) is 0 Å². The molecular weight excluding hydrogens is 326 g/mol. The van der Waals surface area contributed by atoms with Crippen LogP contribution in [0.15, 0.2) is 24.3 Å². The zero-order chi connectivity index (χ0) is 17.6. The third-order valence-electron chi connectivity index (χ3n) is 4.15. The first kappa shape index (κ1) is 18.7. The standard InChI is InChI=1S/C17H27N3O3S/c1-15-7-5-8-16(13-15)20(24(2,22)23)14-17(21)18-9-6-12-19-10-3-4-11-19/h5,7-8,13H,3-4,6,9-12,14H2,1-2H3,(H,18,21). The predicted molar refractivity (Wildman–Crippen MR) is 96.7 cm³/mol. The summed E-state index contributed by atoms with van der Waals surface area (Å²) in [6, 6.07) is 7.15. The normalized spacial score (nSPS) is 15.4. The van der Waals surface area contributed by atoms with Crippen molar-refractivity contribution in [1.82, 2.24) is 10.2 Å². The van der Waals surface area contributed by atoms with E-state index in [-0.39, 0.29) is 12.5 Å². The van der Waals surface area contributed by atoms with Crippen LogP contribution >= 0.6 is 0 Å². The maximum atomic E-state index is 12.1. The lowest BCUT2D eigenvalue weighted by Gasteiger charge is -2.22. The molecule has 24 heavy (non-hydrogen) atoms. The van der Waals surface area contributed by atoms with Crippen molar-refractivity contribution in [2.45, 2.75) is 26.2 Å². The Labute approximate surface area is 144 Å². The second-order valence-corrected chi connectivity index (χ2v) is 8.27. The molecular formula is C17H27N3O3S. The smallest absolute Gasteiger partial charge is 0.240 e. The van der Waals surface area contributed by atoms with Crippen LogP contribution in [0, 0.1) is 6.92 Å². The summed E-state index contributed by atoms with van der Waals surface area (Å²) in [6.07, 6.45) is 4.52. The van der Waals surface area contributed by atoms with E-state index in [0.29, 0.717) is 12.2 Å². The van der Waals surface area contributed by atoms with Gasteiger partial charge in [-0.3, -0.25) is 9.10 Å². The van der Waals surface area contributed by atoms with E-state index in [1.54, 1.807) is 18.2 Å². The van der Waals surface area contributed by atoms with Crippen LogP contribution in [0.5, 0.6) is 0 Å². The number of nitrogens with zero attached hydrogens (tertiary/aromatic N) is 2. The number of sulfonamides is 1. The summed E-state index contributed by atoms with van der Waals surface area (Å²) >= 11 is 0. The highest BCUT2D eigenvalue weighted by atomic mass is 32.2. The van der Waals surface area contributed by atoms with Gasteiger partial charge in [-0.1, -0.05) is 12.1 Å². The molecule has 1 N–H and O–H groups in total. The fourth-order valence-corrected chi connectivity index (χ4v) is 3.75. The molecule has 0 atom stereocenters. The fraction of sp³-hybridized carbons (Fsp3) is 0.588. The number of rotatable bonds is 8. The first-order valence-corrected chi connectivity index (χ1v) is 10.2. The number of hydrogen-bond acceptors (Lipinski definition) is 4. The molecule has 1 saturated heterocycles. The van der Waals surface area contributed by atoms with Gasteiger partial charge in [0.25, 0.3) is 0 Å². The van der Waals surface area contributed by atoms with Gasteiger partial charge in [-0.2, -0.15) is 0 Å². The van der Waals surface area contributed by atoms with E-state index in [4.69, 9.17) is 0 Å². The molecule has 6 nitrogen and oxygen atoms in total. The average Bonchev–Trinajstić information content (AvgIpc) is 3.01. The Balaban J connectivity index is 1.86. The third-order valence-corrected chi connectivity index (χ3v) is 5.29. The molecule has 1 aliphatic rings. The Hall–Kier alpha value is -1.60. The highest BCUT2D eigenvalue weighted by Crippen LogP contribution is 2.18. The molecule has 1 aromatic rings. The fourth-order valence-electron chi connectivity index (χ4n) is 2.91. The Bertz CT molecular complexity index is 655. The summed E-state index contributed by atoms with van der Waals surface area (Å²) in [6.45, 7) is 5.54. The first-order chi connectivity index (χ1) is 11.4. The zero-order valence-corrected chi connectivity index (χ0v) is 15.3. The van der Waals surface area contributed by atoms with Gasteiger partial charge in [-0.05, 0) is 63.5 Å². The minimum absolute atomic E-state index is 0.188. The Morgan fingerprint density at radius 1 is 1.29 bits per heavy atom. The Morgan fingerprint density at radius 2 is 2.00 bits per heavy atom. The number of hydrogen-bond donors (Lipinski definition) is 1. The van der Waals surface area contributed by atoms with Crippen LogP contribution in [0.4, 0.5) is 5.69 Å². The second-order valence-electron chi connectivity index (χ2n) is 6.36. The number of carbonyl (C=O) groups excluding carboxylic acids is 1. The number of nitrogens with one attached hydrogen (secondary N) is 1. The minimum atomic E-state index is -3.51. The largest absolute Gasteiger partial charge is 0.354 e. The van der Waals surface area contributed by atoms with Crippen LogP contribution in [0.1, 0.15) is 24.8 Å². The van der Waals surface area contributed by atoms with E-state index >= 15 is 0 Å². The van der Waals surface area contributed by atoms with Crippen molar-refractivity contribution in [3.05, 3.63) is 29.8 Å². The first-order valence-electron chi connectivity index (χ1n) is 8.40. The van der Waals surface area contributed by atoms with Gasteiger partial charge in [-0.15, -0.1) is 0 Å². The van der Waals surface area contributed by atoms with Crippen LogP contribution in [-0.2, 0) is 14.8 Å². The van der Waals surface area contributed by atoms with Crippen LogP contribution in [0.3, 0.4) is 0 Å². The van der Waals surface area contributed by atoms with E-state index in [1.807, 2.05) is 13.0 Å². The molecule has 134 valence electrons. The average molecular weight is 353 g/mol. The van der Waals surface area contributed by atoms with Gasteiger partial charge in [0.05, 0.1) is 11.9 Å². The number of anilines is 1. The number of likely N-dealkylation sites (tertiary alicyclic amines) is 1. The third kappa shape index (κ3) is 5.79. The Kier molecular flexibility index (Phi) is 6.62. The lowest BCUT2D eigenvalue weighted by Crippen LogP contribution is -2.41. The van der Waals surface area contributed by atoms with Crippen molar-refractivity contribution in [3.63, 3.8) is 0 Å². The molecule has 1 heterocycles. The topological polar surface area (TPSA) is 69.7 Å². The molecule has 1 fully saturated rings. The molecule has 7 heteroatoms. The van der Waals surface area contributed by atoms with Crippen molar-refractivity contribution < 1.29 is 13.2 Å². The van der Waals surface area contributed by atoms with Crippen molar-refractivity contribution in [1.29, 1.82) is 0 Å². The van der Waals surface area contributed by atoms with Crippen molar-refractivity contribution in [2.75, 3.05) is 43.3 Å². The molecule has 0 bridgehead atoms. The summed E-state index contributed by atoms with van der Waals surface area (Å²) < 4.78 is 25.2. The SMILES string of the molecule is Cc1cccc(N(CC(=O)NCCCN2CCCC2)S(C)(=O)=O)c1. The summed E-state index contributed by atoms with van der Waals surface area (Å²) in [5, 5.41) is 2.82. The lowest BCUT2D eigenvalue weighted by molar-refractivity contribution is -0.119. The van der Waals surface area contributed by atoms with Crippen LogP contribution in [0.2, 0.25) is 0 Å². The van der Waals surface area contributed by atoms with Crippen LogP contribution in [0.25, 0.3) is 0 Å². The van der Waals surface area contributed by atoms with Gasteiger partial charge in [0.1, 0.15) is 6.54 Å². The molecule has 0 spiro atoms. The summed E-state index contributed by atoms with van der Waals surface area (Å²) in [5.74, 6) is -0.275. The summed E-state index contributed by atoms with van der Waals surface area (Å²) in [4.78, 5) is 14.5. The molecule has 0 unspecified atom stereocenters. The predicted octanol–water partition coefficient (Wildman–Crippen LogP) is 1.36. The Morgan fingerprint density at radius 3 is 2.62 bits per heavy atom. The van der Waals surface area contributed by atoms with E-state index in [0.717, 1.165) is 42.2 Å². The van der Waals surface area contributed by atoms with Gasteiger partial charge in [0.2, 0.25) is 15.9 Å². The highest BCUT2D eigenvalue weighted by molar-refractivity contribution is 7.92. The maximum absolute atomic E-state index is 12.1. The van der Waals surface area contributed by atoms with Gasteiger partial charge < -0.3 is 10.2 Å². The van der Waals surface area contributed by atoms with Crippen molar-refractivity contribution >= 4 is 21.6 Å². The second kappa shape index (κ2) is 8.48. The molecule has 2 rings (SSSR count). The lowest BCUT2D eigenvalue weighted by atomic mass is 10.2. The quantitative estimate of drug-likeness (QED) is 0.717. The van der Waals surface area contributed by atoms with Gasteiger partial charge in [0.15, 0.2) is 0 Å². The van der Waals surface area contributed by atoms with E-state index in [1.165, 1.54) is 12.8 Å². The number of amides is 1. The minimum Gasteiger partial charge on any atom is -0.354 e. The van der Waals surface area contributed by atoms with Crippen molar-refractivity contribution in [3.8, 4) is 0 Å². The molecule has 1 amide bonds. The monoisotopic (exact) mass is 353 g/mol. The zero-order valence-electron chi connectivity index (χ0n) is 14.5. The highest BCUT2D eigenvalue weighted by Gasteiger charge is 2.20. The van der Waals surface area contributed by atoms with Gasteiger partial charge in [-0.25, -0.2) is 8.42 Å². The van der Waals surface area contributed by atoms with Gasteiger partial charge >= 0.3 is 0 Å². The van der Waals surface area contributed by atoms with Crippen LogP contribution in [-0.4, -0.2) is 58.2 Å². The number of carbonyl (C=O) groups is 1. The molecule has 0 radical (unpaired) electrons. The molecule has 1 aliphatic heterocycles. The van der Waals surface area contributed by atoms with E-state index in [2.05, 4.69) is 10.2 Å². The molecule has 0 aliphatic carbocycles. The van der Waals surface area contributed by atoms with E-state index in [9.17, 15) is 13.2 Å². The van der Waals surface area contributed by atoms with E-state index < -0.39 is 10.0 Å². The molecule has 0 aromatic heterocycles. The number of aryl methyl sites for hydroxylation is 1.